The molecule has 1 heterocycles. The van der Waals surface area contributed by atoms with Crippen LogP contribution in [0.25, 0.3) is 6.08 Å². The van der Waals surface area contributed by atoms with Crippen LogP contribution in [-0.2, 0) is 9.59 Å². The van der Waals surface area contributed by atoms with Gasteiger partial charge >= 0.3 is 0 Å². The first-order chi connectivity index (χ1) is 15.4. The number of hydrogen-bond donors (Lipinski definition) is 2. The Hall–Kier alpha value is -2.97. The number of nitrogens with zero attached hydrogens (tertiary/aromatic N) is 1. The van der Waals surface area contributed by atoms with E-state index in [-0.39, 0.29) is 17.7 Å². The van der Waals surface area contributed by atoms with Gasteiger partial charge in [-0.05, 0) is 43.5 Å². The number of hydrazine groups is 1. The quantitative estimate of drug-likeness (QED) is 0.263. The average molecular weight is 468 g/mol. The van der Waals surface area contributed by atoms with E-state index in [1.165, 1.54) is 11.8 Å². The van der Waals surface area contributed by atoms with E-state index in [0.29, 0.717) is 34.2 Å². The third-order valence-electron chi connectivity index (χ3n) is 4.89. The smallest absolute Gasteiger partial charge is 0.269 e. The first-order valence-corrected chi connectivity index (χ1v) is 11.6. The van der Waals surface area contributed by atoms with Crippen LogP contribution in [-0.4, -0.2) is 33.5 Å². The summed E-state index contributed by atoms with van der Waals surface area (Å²) in [7, 11) is 0. The molecule has 2 N–H and O–H groups in total. The number of carbonyl (C=O) groups excluding carboxylic acids is 3. The first kappa shape index (κ1) is 23.7. The summed E-state index contributed by atoms with van der Waals surface area (Å²) < 4.78 is 0.564. The summed E-state index contributed by atoms with van der Waals surface area (Å²) in [6.45, 7) is 2.47. The van der Waals surface area contributed by atoms with E-state index >= 15 is 0 Å². The molecule has 2 aromatic rings. The summed E-state index contributed by atoms with van der Waals surface area (Å²) in [6.07, 6.45) is 4.32. The van der Waals surface area contributed by atoms with Crippen molar-refractivity contribution in [2.45, 2.75) is 32.6 Å². The van der Waals surface area contributed by atoms with E-state index in [1.807, 2.05) is 55.5 Å². The first-order valence-electron chi connectivity index (χ1n) is 10.4. The fourth-order valence-corrected chi connectivity index (χ4v) is 4.40. The molecule has 1 saturated heterocycles. The number of aryl methyl sites for hydroxylation is 1. The van der Waals surface area contributed by atoms with Crippen molar-refractivity contribution in [2.75, 3.05) is 6.54 Å². The van der Waals surface area contributed by atoms with Gasteiger partial charge in [0, 0.05) is 18.5 Å². The summed E-state index contributed by atoms with van der Waals surface area (Å²) in [5.74, 6) is -0.668. The van der Waals surface area contributed by atoms with Gasteiger partial charge in [-0.15, -0.1) is 0 Å². The SMILES string of the molecule is Cc1ccc(C(=O)NNC(=O)CCCCCN2C(=O)C(=Cc3ccccc3)SC2=S)cc1. The van der Waals surface area contributed by atoms with E-state index in [2.05, 4.69) is 10.9 Å². The van der Waals surface area contributed by atoms with Crippen molar-refractivity contribution in [1.82, 2.24) is 15.8 Å². The van der Waals surface area contributed by atoms with Crippen LogP contribution >= 0.6 is 24.0 Å². The summed E-state index contributed by atoms with van der Waals surface area (Å²) >= 11 is 6.68. The number of hydrogen-bond acceptors (Lipinski definition) is 5. The highest BCUT2D eigenvalue weighted by Crippen LogP contribution is 2.32. The van der Waals surface area contributed by atoms with Gasteiger partial charge in [-0.3, -0.25) is 30.1 Å². The van der Waals surface area contributed by atoms with E-state index in [9.17, 15) is 14.4 Å². The van der Waals surface area contributed by atoms with Crippen LogP contribution in [0.3, 0.4) is 0 Å². The topological polar surface area (TPSA) is 78.5 Å². The lowest BCUT2D eigenvalue weighted by Crippen LogP contribution is -2.41. The van der Waals surface area contributed by atoms with Gasteiger partial charge in [-0.25, -0.2) is 0 Å². The highest BCUT2D eigenvalue weighted by molar-refractivity contribution is 8.26. The van der Waals surface area contributed by atoms with Crippen molar-refractivity contribution in [2.24, 2.45) is 0 Å². The minimum Gasteiger partial charge on any atom is -0.293 e. The molecule has 2 aromatic carbocycles. The Morgan fingerprint density at radius 3 is 2.44 bits per heavy atom. The van der Waals surface area contributed by atoms with Crippen molar-refractivity contribution in [1.29, 1.82) is 0 Å². The van der Waals surface area contributed by atoms with Gasteiger partial charge in [0.25, 0.3) is 11.8 Å². The summed E-state index contributed by atoms with van der Waals surface area (Å²) in [5.41, 5.74) is 7.37. The maximum absolute atomic E-state index is 12.6. The third kappa shape index (κ3) is 6.77. The molecule has 1 aliphatic rings. The molecule has 0 saturated carbocycles. The number of amides is 3. The zero-order chi connectivity index (χ0) is 22.9. The lowest BCUT2D eigenvalue weighted by atomic mass is 10.1. The van der Waals surface area contributed by atoms with Crippen molar-refractivity contribution in [3.05, 3.63) is 76.2 Å². The Morgan fingerprint density at radius 2 is 1.72 bits per heavy atom. The molecule has 0 radical (unpaired) electrons. The predicted molar refractivity (Wildman–Crippen MR) is 132 cm³/mol. The number of carbonyl (C=O) groups is 3. The Bertz CT molecular complexity index is 1020. The second-order valence-electron chi connectivity index (χ2n) is 7.42. The number of rotatable bonds is 8. The molecule has 32 heavy (non-hydrogen) atoms. The average Bonchev–Trinajstić information content (AvgIpc) is 3.05. The molecule has 0 aliphatic carbocycles. The van der Waals surface area contributed by atoms with Crippen LogP contribution in [0.2, 0.25) is 0 Å². The fourth-order valence-electron chi connectivity index (χ4n) is 3.09. The van der Waals surface area contributed by atoms with Gasteiger partial charge in [0.2, 0.25) is 5.91 Å². The zero-order valence-corrected chi connectivity index (χ0v) is 19.4. The summed E-state index contributed by atoms with van der Waals surface area (Å²) in [5, 5.41) is 0. The third-order valence-corrected chi connectivity index (χ3v) is 6.26. The molecule has 0 aromatic heterocycles. The van der Waals surface area contributed by atoms with Crippen LogP contribution in [0.15, 0.2) is 59.5 Å². The molecule has 0 bridgehead atoms. The normalized spacial score (nSPS) is 14.7. The summed E-state index contributed by atoms with van der Waals surface area (Å²) in [6, 6.07) is 16.8. The predicted octanol–water partition coefficient (Wildman–Crippen LogP) is 4.22. The molecule has 166 valence electrons. The monoisotopic (exact) mass is 467 g/mol. The standard InChI is InChI=1S/C24H25N3O3S2/c1-17-11-13-19(14-12-17)22(29)26-25-21(28)10-6-3-7-15-27-23(30)20(32-24(27)31)16-18-8-4-2-5-9-18/h2,4-5,8-9,11-14,16H,3,6-7,10,15H2,1H3,(H,25,28)(H,26,29). The Kier molecular flexibility index (Phi) is 8.58. The molecule has 6 nitrogen and oxygen atoms in total. The van der Waals surface area contributed by atoms with Gasteiger partial charge in [0.15, 0.2) is 0 Å². The van der Waals surface area contributed by atoms with Crippen molar-refractivity contribution >= 4 is 52.1 Å². The largest absolute Gasteiger partial charge is 0.293 e. The van der Waals surface area contributed by atoms with Crippen molar-refractivity contribution in [3.8, 4) is 0 Å². The maximum Gasteiger partial charge on any atom is 0.269 e. The van der Waals surface area contributed by atoms with E-state index in [4.69, 9.17) is 12.2 Å². The molecule has 1 fully saturated rings. The maximum atomic E-state index is 12.6. The van der Waals surface area contributed by atoms with Gasteiger partial charge in [-0.2, -0.15) is 0 Å². The van der Waals surface area contributed by atoms with Crippen LogP contribution in [0.4, 0.5) is 0 Å². The van der Waals surface area contributed by atoms with Crippen LogP contribution in [0, 0.1) is 6.92 Å². The number of nitrogens with one attached hydrogen (secondary N) is 2. The highest BCUT2D eigenvalue weighted by Gasteiger charge is 2.31. The molecular formula is C24H25N3O3S2. The Morgan fingerprint density at radius 1 is 1.00 bits per heavy atom. The number of thioether (sulfide) groups is 1. The van der Waals surface area contributed by atoms with Gasteiger partial charge in [0.05, 0.1) is 4.91 Å². The van der Waals surface area contributed by atoms with E-state index in [0.717, 1.165) is 24.0 Å². The molecule has 1 aliphatic heterocycles. The Labute approximate surface area is 197 Å². The van der Waals surface area contributed by atoms with Crippen LogP contribution in [0.1, 0.15) is 47.2 Å². The second-order valence-corrected chi connectivity index (χ2v) is 9.10. The molecule has 0 spiro atoms. The van der Waals surface area contributed by atoms with Gasteiger partial charge in [-0.1, -0.05) is 78.4 Å². The molecule has 0 unspecified atom stereocenters. The second kappa shape index (κ2) is 11.6. The lowest BCUT2D eigenvalue weighted by molar-refractivity contribution is -0.123. The molecule has 3 amide bonds. The number of thiocarbonyl (C=S) groups is 1. The minimum atomic E-state index is -0.351. The lowest BCUT2D eigenvalue weighted by Gasteiger charge is -2.14. The Balaban J connectivity index is 1.34. The van der Waals surface area contributed by atoms with E-state index in [1.54, 1.807) is 17.0 Å². The fraction of sp³-hybridized carbons (Fsp3) is 0.250. The number of unbranched alkanes of at least 4 members (excludes halogenated alkanes) is 2. The molecule has 8 heteroatoms. The zero-order valence-electron chi connectivity index (χ0n) is 17.8. The van der Waals surface area contributed by atoms with Gasteiger partial charge < -0.3 is 0 Å². The minimum absolute atomic E-state index is 0.0691. The highest BCUT2D eigenvalue weighted by atomic mass is 32.2. The van der Waals surface area contributed by atoms with Crippen LogP contribution in [0.5, 0.6) is 0 Å². The van der Waals surface area contributed by atoms with Gasteiger partial charge in [0.1, 0.15) is 4.32 Å². The van der Waals surface area contributed by atoms with Crippen molar-refractivity contribution < 1.29 is 14.4 Å². The molecule has 0 atom stereocenters. The van der Waals surface area contributed by atoms with E-state index < -0.39 is 0 Å². The number of benzene rings is 2. The molecule has 3 rings (SSSR count). The van der Waals surface area contributed by atoms with Crippen molar-refractivity contribution in [3.63, 3.8) is 0 Å². The summed E-state index contributed by atoms with van der Waals surface area (Å²) in [4.78, 5) is 38.8. The molecular weight excluding hydrogens is 442 g/mol. The van der Waals surface area contributed by atoms with Crippen LogP contribution < -0.4 is 10.9 Å².